The summed E-state index contributed by atoms with van der Waals surface area (Å²) in [5.41, 5.74) is 0.235. The van der Waals surface area contributed by atoms with Gasteiger partial charge in [-0.3, -0.25) is 14.9 Å². The summed E-state index contributed by atoms with van der Waals surface area (Å²) in [7, 11) is 0. The zero-order chi connectivity index (χ0) is 16.1. The van der Waals surface area contributed by atoms with Crippen molar-refractivity contribution in [2.24, 2.45) is 28.1 Å². The maximum absolute atomic E-state index is 12.5. The number of carbonyl (C=O) groups is 2. The Kier molecular flexibility index (Phi) is 4.01. The van der Waals surface area contributed by atoms with Crippen LogP contribution in [0.5, 0.6) is 0 Å². The third-order valence-corrected chi connectivity index (χ3v) is 5.16. The standard InChI is InChI=1S/C18H31NO2/c1-12(2)7-13-15(21)19-14(20)8-18(13)10-16(3,4)9-17(5,6)11-18/h12-13H,7-11H2,1-6H3,(H,19,20,21). The van der Waals surface area contributed by atoms with Crippen LogP contribution in [-0.2, 0) is 9.59 Å². The molecule has 1 heterocycles. The van der Waals surface area contributed by atoms with Gasteiger partial charge in [-0.15, -0.1) is 0 Å². The molecule has 1 aliphatic heterocycles. The van der Waals surface area contributed by atoms with E-state index in [2.05, 4.69) is 46.9 Å². The molecule has 3 heteroatoms. The van der Waals surface area contributed by atoms with E-state index in [1.54, 1.807) is 0 Å². The second kappa shape index (κ2) is 5.10. The third kappa shape index (κ3) is 3.49. The molecule has 0 aromatic carbocycles. The van der Waals surface area contributed by atoms with Gasteiger partial charge in [0, 0.05) is 12.3 Å². The highest BCUT2D eigenvalue weighted by Gasteiger charge is 2.55. The summed E-state index contributed by atoms with van der Waals surface area (Å²) in [4.78, 5) is 24.6. The zero-order valence-corrected chi connectivity index (χ0v) is 14.5. The summed E-state index contributed by atoms with van der Waals surface area (Å²) >= 11 is 0. The first-order chi connectivity index (χ1) is 9.45. The van der Waals surface area contributed by atoms with Crippen molar-refractivity contribution < 1.29 is 9.59 Å². The smallest absolute Gasteiger partial charge is 0.230 e. The van der Waals surface area contributed by atoms with Crippen LogP contribution in [0.2, 0.25) is 0 Å². The van der Waals surface area contributed by atoms with E-state index in [4.69, 9.17) is 0 Å². The largest absolute Gasteiger partial charge is 0.296 e. The first-order valence-electron chi connectivity index (χ1n) is 8.29. The Morgan fingerprint density at radius 3 is 2.05 bits per heavy atom. The van der Waals surface area contributed by atoms with Gasteiger partial charge in [0.25, 0.3) is 0 Å². The van der Waals surface area contributed by atoms with Gasteiger partial charge in [-0.1, -0.05) is 41.5 Å². The van der Waals surface area contributed by atoms with E-state index in [0.29, 0.717) is 12.3 Å². The van der Waals surface area contributed by atoms with Crippen molar-refractivity contribution in [1.29, 1.82) is 0 Å². The number of amides is 2. The van der Waals surface area contributed by atoms with Crippen LogP contribution in [-0.4, -0.2) is 11.8 Å². The molecule has 1 aliphatic carbocycles. The second-order valence-corrected chi connectivity index (χ2v) is 9.49. The monoisotopic (exact) mass is 293 g/mol. The second-order valence-electron chi connectivity index (χ2n) is 9.49. The van der Waals surface area contributed by atoms with Crippen LogP contribution in [0.15, 0.2) is 0 Å². The molecule has 3 nitrogen and oxygen atoms in total. The Morgan fingerprint density at radius 1 is 1.05 bits per heavy atom. The molecular formula is C18H31NO2. The van der Waals surface area contributed by atoms with Crippen LogP contribution in [0.1, 0.15) is 73.6 Å². The van der Waals surface area contributed by atoms with E-state index in [1.807, 2.05) is 0 Å². The SMILES string of the molecule is CC(C)CC1C(=O)NC(=O)CC12CC(C)(C)CC(C)(C)C2. The highest BCUT2D eigenvalue weighted by molar-refractivity contribution is 5.99. The molecule has 0 radical (unpaired) electrons. The summed E-state index contributed by atoms with van der Waals surface area (Å²) in [6.07, 6.45) is 4.53. The fourth-order valence-electron chi connectivity index (χ4n) is 5.58. The molecule has 0 bridgehead atoms. The lowest BCUT2D eigenvalue weighted by Crippen LogP contribution is -2.57. The molecule has 2 rings (SSSR count). The van der Waals surface area contributed by atoms with E-state index >= 15 is 0 Å². The van der Waals surface area contributed by atoms with Crippen LogP contribution in [0, 0.1) is 28.1 Å². The minimum atomic E-state index is -0.144. The Balaban J connectivity index is 2.42. The first-order valence-corrected chi connectivity index (χ1v) is 8.29. The molecule has 0 aromatic heterocycles. The fraction of sp³-hybridized carbons (Fsp3) is 0.889. The molecule has 120 valence electrons. The van der Waals surface area contributed by atoms with Crippen molar-refractivity contribution in [2.75, 3.05) is 0 Å². The summed E-state index contributed by atoms with van der Waals surface area (Å²) in [6, 6.07) is 0. The van der Waals surface area contributed by atoms with Crippen molar-refractivity contribution in [3.63, 3.8) is 0 Å². The van der Waals surface area contributed by atoms with Crippen molar-refractivity contribution in [3.05, 3.63) is 0 Å². The van der Waals surface area contributed by atoms with Gasteiger partial charge in [-0.05, 0) is 47.8 Å². The van der Waals surface area contributed by atoms with E-state index < -0.39 is 0 Å². The molecular weight excluding hydrogens is 262 g/mol. The number of nitrogens with one attached hydrogen (secondary N) is 1. The van der Waals surface area contributed by atoms with Gasteiger partial charge in [0.15, 0.2) is 0 Å². The topological polar surface area (TPSA) is 46.2 Å². The maximum atomic E-state index is 12.5. The lowest BCUT2D eigenvalue weighted by molar-refractivity contribution is -0.152. The van der Waals surface area contributed by atoms with Gasteiger partial charge in [0.1, 0.15) is 0 Å². The molecule has 1 spiro atoms. The molecule has 1 saturated heterocycles. The lowest BCUT2D eigenvalue weighted by atomic mass is 9.49. The maximum Gasteiger partial charge on any atom is 0.230 e. The van der Waals surface area contributed by atoms with Crippen LogP contribution in [0.25, 0.3) is 0 Å². The highest BCUT2D eigenvalue weighted by atomic mass is 16.2. The van der Waals surface area contributed by atoms with Gasteiger partial charge in [-0.2, -0.15) is 0 Å². The third-order valence-electron chi connectivity index (χ3n) is 5.16. The van der Waals surface area contributed by atoms with E-state index in [0.717, 1.165) is 25.7 Å². The molecule has 1 N–H and O–H groups in total. The summed E-state index contributed by atoms with van der Waals surface area (Å²) in [5.74, 6) is 0.343. The molecule has 1 saturated carbocycles. The van der Waals surface area contributed by atoms with Crippen molar-refractivity contribution in [1.82, 2.24) is 5.32 Å². The molecule has 2 aliphatic rings. The van der Waals surface area contributed by atoms with Crippen LogP contribution >= 0.6 is 0 Å². The number of rotatable bonds is 2. The Morgan fingerprint density at radius 2 is 1.57 bits per heavy atom. The normalized spacial score (nSPS) is 30.5. The molecule has 2 fully saturated rings. The van der Waals surface area contributed by atoms with E-state index in [1.165, 1.54) is 0 Å². The number of imide groups is 1. The number of carbonyl (C=O) groups excluding carboxylic acids is 2. The van der Waals surface area contributed by atoms with Gasteiger partial charge in [0.05, 0.1) is 0 Å². The minimum Gasteiger partial charge on any atom is -0.296 e. The quantitative estimate of drug-likeness (QED) is 0.784. The Bertz CT molecular complexity index is 432. The molecule has 1 unspecified atom stereocenters. The zero-order valence-electron chi connectivity index (χ0n) is 14.5. The predicted octanol–water partition coefficient (Wildman–Crippen LogP) is 3.92. The van der Waals surface area contributed by atoms with Crippen LogP contribution in [0.4, 0.5) is 0 Å². The van der Waals surface area contributed by atoms with Crippen molar-refractivity contribution in [3.8, 4) is 0 Å². The Hall–Kier alpha value is -0.860. The summed E-state index contributed by atoms with van der Waals surface area (Å²) in [5, 5.41) is 2.58. The molecule has 21 heavy (non-hydrogen) atoms. The molecule has 1 atom stereocenters. The van der Waals surface area contributed by atoms with Crippen LogP contribution in [0.3, 0.4) is 0 Å². The van der Waals surface area contributed by atoms with Crippen LogP contribution < -0.4 is 5.32 Å². The van der Waals surface area contributed by atoms with Gasteiger partial charge in [-0.25, -0.2) is 0 Å². The summed E-state index contributed by atoms with van der Waals surface area (Å²) in [6.45, 7) is 13.5. The highest BCUT2D eigenvalue weighted by Crippen LogP contribution is 2.60. The van der Waals surface area contributed by atoms with E-state index in [-0.39, 0.29) is 34.0 Å². The number of piperidine rings is 1. The predicted molar refractivity (Wildman–Crippen MR) is 84.6 cm³/mol. The molecule has 0 aromatic rings. The lowest BCUT2D eigenvalue weighted by Gasteiger charge is -2.56. The van der Waals surface area contributed by atoms with Gasteiger partial charge in [0.2, 0.25) is 11.8 Å². The average molecular weight is 293 g/mol. The minimum absolute atomic E-state index is 0.0194. The average Bonchev–Trinajstić information content (AvgIpc) is 2.18. The number of hydrogen-bond donors (Lipinski definition) is 1. The van der Waals surface area contributed by atoms with Gasteiger partial charge < -0.3 is 0 Å². The van der Waals surface area contributed by atoms with E-state index in [9.17, 15) is 9.59 Å². The Labute approximate surface area is 129 Å². The van der Waals surface area contributed by atoms with Gasteiger partial charge >= 0.3 is 0 Å². The van der Waals surface area contributed by atoms with Crippen molar-refractivity contribution >= 4 is 11.8 Å². The molecule has 2 amide bonds. The first kappa shape index (κ1) is 16.5. The summed E-state index contributed by atoms with van der Waals surface area (Å²) < 4.78 is 0. The fourth-order valence-corrected chi connectivity index (χ4v) is 5.58. The number of hydrogen-bond acceptors (Lipinski definition) is 2. The van der Waals surface area contributed by atoms with Crippen molar-refractivity contribution in [2.45, 2.75) is 73.6 Å².